The molecule has 0 saturated carbocycles. The van der Waals surface area contributed by atoms with Crippen molar-refractivity contribution in [1.82, 2.24) is 10.3 Å². The number of rotatable bonds is 0. The Morgan fingerprint density at radius 2 is 2.29 bits per heavy atom. The average Bonchev–Trinajstić information content (AvgIpc) is 2.29. The maximum absolute atomic E-state index is 5.69. The van der Waals surface area contributed by atoms with Crippen LogP contribution in [0.2, 0.25) is 0 Å². The summed E-state index contributed by atoms with van der Waals surface area (Å²) in [5, 5.41) is 0. The van der Waals surface area contributed by atoms with Gasteiger partial charge >= 0.3 is 0 Å². The Morgan fingerprint density at radius 3 is 2.86 bits per heavy atom. The van der Waals surface area contributed by atoms with Gasteiger partial charge < -0.3 is 9.64 Å². The molecule has 0 aromatic heterocycles. The molecule has 14 heavy (non-hydrogen) atoms. The smallest absolute Gasteiger partial charge is 0.208 e. The number of nitrogens with two attached hydrogens (primary N) is 1. The molecule has 1 heterocycles. The first-order valence-corrected chi connectivity index (χ1v) is 4.91. The monoisotopic (exact) mass is 200 g/mol. The topological polar surface area (TPSA) is 62.9 Å². The minimum atomic E-state index is -0.136. The van der Waals surface area contributed by atoms with E-state index in [0.29, 0.717) is 0 Å². The van der Waals surface area contributed by atoms with Gasteiger partial charge in [-0.25, -0.2) is 5.84 Å². The molecule has 82 valence electrons. The highest BCUT2D eigenvalue weighted by atomic mass is 16.5. The van der Waals surface area contributed by atoms with Crippen molar-refractivity contribution in [3.8, 4) is 0 Å². The summed E-state index contributed by atoms with van der Waals surface area (Å²) in [6, 6.07) is 0. The van der Waals surface area contributed by atoms with E-state index in [9.17, 15) is 0 Å². The van der Waals surface area contributed by atoms with Crippen molar-refractivity contribution >= 4 is 5.96 Å². The molecule has 5 nitrogen and oxygen atoms in total. The molecule has 3 N–H and O–H groups in total. The van der Waals surface area contributed by atoms with Gasteiger partial charge in [0.05, 0.1) is 5.60 Å². The van der Waals surface area contributed by atoms with Gasteiger partial charge in [0.15, 0.2) is 0 Å². The van der Waals surface area contributed by atoms with Gasteiger partial charge in [0.1, 0.15) is 0 Å². The predicted octanol–water partition coefficient (Wildman–Crippen LogP) is -0.0636. The number of hydrogen-bond donors (Lipinski definition) is 2. The molecule has 1 rings (SSSR count). The van der Waals surface area contributed by atoms with E-state index in [0.717, 1.165) is 32.1 Å². The van der Waals surface area contributed by atoms with Gasteiger partial charge in [0.25, 0.3) is 0 Å². The molecule has 0 spiro atoms. The maximum atomic E-state index is 5.69. The van der Waals surface area contributed by atoms with Gasteiger partial charge in [-0.1, -0.05) is 0 Å². The molecular weight excluding hydrogens is 180 g/mol. The molecule has 1 saturated heterocycles. The molecule has 0 aliphatic carbocycles. The van der Waals surface area contributed by atoms with Crippen molar-refractivity contribution in [1.29, 1.82) is 0 Å². The lowest BCUT2D eigenvalue weighted by Gasteiger charge is -2.30. The third-order valence-electron chi connectivity index (χ3n) is 2.28. The van der Waals surface area contributed by atoms with E-state index in [-0.39, 0.29) is 5.60 Å². The van der Waals surface area contributed by atoms with Crippen LogP contribution in [0.15, 0.2) is 4.99 Å². The van der Waals surface area contributed by atoms with Crippen molar-refractivity contribution in [2.24, 2.45) is 10.8 Å². The molecule has 5 heteroatoms. The van der Waals surface area contributed by atoms with Crippen LogP contribution in [0.3, 0.4) is 0 Å². The van der Waals surface area contributed by atoms with E-state index in [2.05, 4.69) is 29.2 Å². The second-order valence-electron chi connectivity index (χ2n) is 4.07. The normalized spacial score (nSPS) is 23.1. The van der Waals surface area contributed by atoms with E-state index >= 15 is 0 Å². The Hall–Kier alpha value is -0.810. The first-order chi connectivity index (χ1) is 6.59. The fraction of sp³-hybridized carbons (Fsp3) is 0.889. The number of nitrogens with one attached hydrogen (secondary N) is 1. The fourth-order valence-electron chi connectivity index (χ4n) is 1.67. The average molecular weight is 200 g/mol. The Labute approximate surface area is 85.3 Å². The molecule has 0 aromatic carbocycles. The Morgan fingerprint density at radius 1 is 1.57 bits per heavy atom. The zero-order valence-electron chi connectivity index (χ0n) is 9.21. The maximum Gasteiger partial charge on any atom is 0.208 e. The van der Waals surface area contributed by atoms with Crippen molar-refractivity contribution in [3.05, 3.63) is 0 Å². The van der Waals surface area contributed by atoms with Crippen LogP contribution in [0, 0.1) is 0 Å². The molecule has 0 aromatic rings. The molecular formula is C9H20N4O. The summed E-state index contributed by atoms with van der Waals surface area (Å²) >= 11 is 0. The van der Waals surface area contributed by atoms with E-state index in [1.165, 1.54) is 0 Å². The number of guanidine groups is 1. The van der Waals surface area contributed by atoms with Crippen LogP contribution in [-0.4, -0.2) is 43.2 Å². The lowest BCUT2D eigenvalue weighted by atomic mass is 10.1. The van der Waals surface area contributed by atoms with Gasteiger partial charge in [-0.15, -0.1) is 0 Å². The van der Waals surface area contributed by atoms with Crippen LogP contribution in [0.4, 0.5) is 0 Å². The standard InChI is InChI=1S/C9H20N4O/c1-9(2)7-13(5-4-6-14-9)8(11-3)12-10/h4-7,10H2,1-3H3,(H,11,12). The quantitative estimate of drug-likeness (QED) is 0.249. The van der Waals surface area contributed by atoms with E-state index in [1.807, 2.05) is 0 Å². The Kier molecular flexibility index (Phi) is 3.71. The molecule has 0 bridgehead atoms. The van der Waals surface area contributed by atoms with Gasteiger partial charge in [0, 0.05) is 26.7 Å². The van der Waals surface area contributed by atoms with Crippen LogP contribution in [0.1, 0.15) is 20.3 Å². The second kappa shape index (κ2) is 4.61. The summed E-state index contributed by atoms with van der Waals surface area (Å²) < 4.78 is 5.69. The molecule has 0 amide bonds. The molecule has 1 aliphatic rings. The van der Waals surface area contributed by atoms with Gasteiger partial charge in [-0.05, 0) is 20.3 Å². The third-order valence-corrected chi connectivity index (χ3v) is 2.28. The summed E-state index contributed by atoms with van der Waals surface area (Å²) in [6.07, 6.45) is 1.00. The highest BCUT2D eigenvalue weighted by Crippen LogP contribution is 2.15. The molecule has 0 unspecified atom stereocenters. The molecule has 1 aliphatic heterocycles. The number of hydrogen-bond acceptors (Lipinski definition) is 3. The summed E-state index contributed by atoms with van der Waals surface area (Å²) in [6.45, 7) is 6.69. The van der Waals surface area contributed by atoms with E-state index in [1.54, 1.807) is 7.05 Å². The lowest BCUT2D eigenvalue weighted by Crippen LogP contribution is -2.49. The van der Waals surface area contributed by atoms with E-state index in [4.69, 9.17) is 10.6 Å². The SMILES string of the molecule is CN=C(NN)N1CCCOC(C)(C)C1. The van der Waals surface area contributed by atoms with Gasteiger partial charge in [0.2, 0.25) is 5.96 Å². The highest BCUT2D eigenvalue weighted by Gasteiger charge is 2.26. The minimum absolute atomic E-state index is 0.136. The first-order valence-electron chi connectivity index (χ1n) is 4.91. The zero-order chi connectivity index (χ0) is 10.6. The van der Waals surface area contributed by atoms with Gasteiger partial charge in [-0.2, -0.15) is 0 Å². The number of hydrazine groups is 1. The number of nitrogens with zero attached hydrogens (tertiary/aromatic N) is 2. The third kappa shape index (κ3) is 2.85. The predicted molar refractivity (Wildman–Crippen MR) is 56.9 cm³/mol. The van der Waals surface area contributed by atoms with Crippen LogP contribution in [0.5, 0.6) is 0 Å². The summed E-state index contributed by atoms with van der Waals surface area (Å²) in [4.78, 5) is 6.21. The van der Waals surface area contributed by atoms with Gasteiger partial charge in [-0.3, -0.25) is 10.4 Å². The van der Waals surface area contributed by atoms with Crippen LogP contribution in [-0.2, 0) is 4.74 Å². The summed E-state index contributed by atoms with van der Waals surface area (Å²) in [7, 11) is 1.73. The number of aliphatic imine (C=N–C) groups is 1. The lowest BCUT2D eigenvalue weighted by molar-refractivity contribution is -0.0113. The molecule has 1 fully saturated rings. The van der Waals surface area contributed by atoms with Crippen molar-refractivity contribution in [2.45, 2.75) is 25.9 Å². The van der Waals surface area contributed by atoms with Crippen LogP contribution >= 0.6 is 0 Å². The second-order valence-corrected chi connectivity index (χ2v) is 4.07. The minimum Gasteiger partial charge on any atom is -0.374 e. The molecule has 0 atom stereocenters. The van der Waals surface area contributed by atoms with Crippen LogP contribution in [0.25, 0.3) is 0 Å². The fourth-order valence-corrected chi connectivity index (χ4v) is 1.67. The summed E-state index contributed by atoms with van der Waals surface area (Å²) in [5.74, 6) is 6.12. The Bertz CT molecular complexity index is 215. The van der Waals surface area contributed by atoms with E-state index < -0.39 is 0 Å². The largest absolute Gasteiger partial charge is 0.374 e. The number of ether oxygens (including phenoxy) is 1. The molecule has 0 radical (unpaired) electrons. The Balaban J connectivity index is 2.68. The van der Waals surface area contributed by atoms with Crippen molar-refractivity contribution in [3.63, 3.8) is 0 Å². The summed E-state index contributed by atoms with van der Waals surface area (Å²) in [5.41, 5.74) is 2.47. The van der Waals surface area contributed by atoms with Crippen molar-refractivity contribution in [2.75, 3.05) is 26.7 Å². The highest BCUT2D eigenvalue weighted by molar-refractivity contribution is 5.79. The van der Waals surface area contributed by atoms with Crippen LogP contribution < -0.4 is 11.3 Å². The first kappa shape index (κ1) is 11.3. The van der Waals surface area contributed by atoms with Crippen molar-refractivity contribution < 1.29 is 4.74 Å². The zero-order valence-corrected chi connectivity index (χ0v) is 9.21.